The largest absolute Gasteiger partial charge is 0.504 e. The molecule has 1 amide bonds. The highest BCUT2D eigenvalue weighted by Crippen LogP contribution is 2.37. The van der Waals surface area contributed by atoms with Gasteiger partial charge in [-0.3, -0.25) is 9.59 Å². The minimum absolute atomic E-state index is 0.0906. The summed E-state index contributed by atoms with van der Waals surface area (Å²) in [6.45, 7) is 2.51. The summed E-state index contributed by atoms with van der Waals surface area (Å²) in [5.41, 5.74) is 0.815. The molecule has 0 unspecified atom stereocenters. The Balaban J connectivity index is 1.79. The van der Waals surface area contributed by atoms with E-state index in [1.807, 2.05) is 0 Å². The van der Waals surface area contributed by atoms with Gasteiger partial charge in [-0.25, -0.2) is 0 Å². The number of phenols is 1. The van der Waals surface area contributed by atoms with E-state index in [1.54, 1.807) is 37.4 Å². The highest BCUT2D eigenvalue weighted by Gasteiger charge is 2.19. The molecule has 0 radical (unpaired) electrons. The lowest BCUT2D eigenvalue weighted by atomic mass is 10.1. The van der Waals surface area contributed by atoms with E-state index in [1.165, 1.54) is 50.2 Å². The highest BCUT2D eigenvalue weighted by molar-refractivity contribution is 6.07. The average molecular weight is 525 g/mol. The number of hydrogen-bond acceptors (Lipinski definition) is 7. The van der Waals surface area contributed by atoms with Crippen molar-refractivity contribution in [1.29, 1.82) is 0 Å². The van der Waals surface area contributed by atoms with Gasteiger partial charge in [0.25, 0.3) is 5.56 Å². The van der Waals surface area contributed by atoms with Crippen molar-refractivity contribution in [1.82, 2.24) is 4.57 Å². The van der Waals surface area contributed by atoms with Crippen molar-refractivity contribution in [3.63, 3.8) is 0 Å². The van der Waals surface area contributed by atoms with Crippen LogP contribution in [0.5, 0.6) is 28.7 Å². The third kappa shape index (κ3) is 6.59. The van der Waals surface area contributed by atoms with Crippen LogP contribution in [-0.2, 0) is 11.8 Å². The monoisotopic (exact) mass is 524 g/mol. The lowest BCUT2D eigenvalue weighted by molar-refractivity contribution is -0.111. The van der Waals surface area contributed by atoms with Crippen LogP contribution in [0, 0.1) is 0 Å². The van der Waals surface area contributed by atoms with Gasteiger partial charge in [0, 0.05) is 18.5 Å². The van der Waals surface area contributed by atoms with Crippen molar-refractivity contribution in [3.8, 4) is 28.7 Å². The van der Waals surface area contributed by atoms with E-state index in [-0.39, 0.29) is 28.7 Å². The normalized spacial score (nSPS) is 11.2. The second-order valence-corrected chi connectivity index (χ2v) is 8.96. The molecule has 0 aliphatic rings. The number of aromatic nitrogens is 1. The Bertz CT molecular complexity index is 1340. The number of nitrogens with one attached hydrogen (secondary N) is 1. The van der Waals surface area contributed by atoms with Gasteiger partial charge in [-0.15, -0.1) is 0 Å². The molecule has 2 aromatic carbocycles. The van der Waals surface area contributed by atoms with Gasteiger partial charge in [-0.05, 0) is 42.3 Å². The highest BCUT2D eigenvalue weighted by atomic mass is 16.5. The fourth-order valence-corrected chi connectivity index (χ4v) is 4.22. The lowest BCUT2D eigenvalue weighted by Gasteiger charge is -2.15. The molecule has 0 saturated carbocycles. The molecular formula is C29H36N2O7. The van der Waals surface area contributed by atoms with Crippen molar-refractivity contribution in [3.05, 3.63) is 52.3 Å². The Morgan fingerprint density at radius 3 is 2.32 bits per heavy atom. The fraction of sp³-hybridized carbons (Fsp3) is 0.379. The van der Waals surface area contributed by atoms with Crippen molar-refractivity contribution in [2.45, 2.75) is 45.4 Å². The first-order chi connectivity index (χ1) is 18.3. The third-order valence-electron chi connectivity index (χ3n) is 6.27. The summed E-state index contributed by atoms with van der Waals surface area (Å²) in [4.78, 5) is 25.8. The molecule has 3 aromatic rings. The molecule has 0 spiro atoms. The van der Waals surface area contributed by atoms with E-state index < -0.39 is 11.5 Å². The molecule has 1 heterocycles. The molecule has 38 heavy (non-hydrogen) atoms. The van der Waals surface area contributed by atoms with E-state index in [0.717, 1.165) is 19.3 Å². The molecule has 0 fully saturated rings. The maximum Gasteiger partial charge on any atom is 0.297 e. The smallest absolute Gasteiger partial charge is 0.297 e. The van der Waals surface area contributed by atoms with Crippen molar-refractivity contribution < 1.29 is 29.2 Å². The van der Waals surface area contributed by atoms with Gasteiger partial charge in [0.15, 0.2) is 17.2 Å². The zero-order valence-electron chi connectivity index (χ0n) is 22.4. The number of methoxy groups -OCH3 is 2. The average Bonchev–Trinajstić information content (AvgIpc) is 2.92. The van der Waals surface area contributed by atoms with E-state index >= 15 is 0 Å². The number of fused-ring (bicyclic) bond motifs is 1. The SMILES string of the molecule is CCCCCCCCOc1c(O)c2cccc(NC(=O)/C=C/c3cc(OC)c(O)c(OC)c3)c2n(C)c1=O. The van der Waals surface area contributed by atoms with Crippen molar-refractivity contribution in [2.24, 2.45) is 7.05 Å². The molecule has 0 bridgehead atoms. The van der Waals surface area contributed by atoms with Crippen molar-refractivity contribution >= 4 is 28.6 Å². The molecule has 0 atom stereocenters. The standard InChI is InChI=1S/C29H36N2O7/c1-5-6-7-8-9-10-16-38-28-26(33)20-12-11-13-21(25(20)31(2)29(28)35)30-24(32)15-14-19-17-22(36-3)27(34)23(18-19)37-4/h11-15,17-18,33-34H,5-10,16H2,1-4H3,(H,30,32)/b15-14+. The van der Waals surface area contributed by atoms with Crippen LogP contribution in [0.15, 0.2) is 41.2 Å². The Hall–Kier alpha value is -4.14. The number of amides is 1. The second kappa shape index (κ2) is 13.4. The molecule has 3 N–H and O–H groups in total. The van der Waals surface area contributed by atoms with Gasteiger partial charge >= 0.3 is 0 Å². The zero-order valence-corrected chi connectivity index (χ0v) is 22.4. The van der Waals surface area contributed by atoms with Gasteiger partial charge < -0.3 is 34.3 Å². The van der Waals surface area contributed by atoms with Gasteiger partial charge in [0.1, 0.15) is 0 Å². The maximum atomic E-state index is 13.0. The van der Waals surface area contributed by atoms with Gasteiger partial charge in [0.05, 0.1) is 32.0 Å². The number of phenolic OH excluding ortho intramolecular Hbond substituents is 1. The predicted molar refractivity (Wildman–Crippen MR) is 149 cm³/mol. The van der Waals surface area contributed by atoms with Crippen molar-refractivity contribution in [2.75, 3.05) is 26.1 Å². The van der Waals surface area contributed by atoms with Crippen LogP contribution in [0.3, 0.4) is 0 Å². The Morgan fingerprint density at radius 1 is 1.00 bits per heavy atom. The molecule has 9 heteroatoms. The fourth-order valence-electron chi connectivity index (χ4n) is 4.22. The maximum absolute atomic E-state index is 13.0. The van der Waals surface area contributed by atoms with Gasteiger partial charge in [0.2, 0.25) is 17.4 Å². The van der Waals surface area contributed by atoms with Crippen LogP contribution in [0.4, 0.5) is 5.69 Å². The molecule has 204 valence electrons. The van der Waals surface area contributed by atoms with Crippen LogP contribution in [-0.4, -0.2) is 41.5 Å². The number of aromatic hydroxyl groups is 2. The number of para-hydroxylation sites is 1. The number of hydrogen-bond donors (Lipinski definition) is 3. The first-order valence-corrected chi connectivity index (χ1v) is 12.7. The number of carbonyl (C=O) groups is 1. The summed E-state index contributed by atoms with van der Waals surface area (Å²) >= 11 is 0. The van der Waals surface area contributed by atoms with Gasteiger partial charge in [-0.2, -0.15) is 0 Å². The minimum Gasteiger partial charge on any atom is -0.504 e. The van der Waals surface area contributed by atoms with Crippen LogP contribution < -0.4 is 25.1 Å². The third-order valence-corrected chi connectivity index (χ3v) is 6.27. The number of nitrogens with zero attached hydrogens (tertiary/aromatic N) is 1. The van der Waals surface area contributed by atoms with Crippen LogP contribution in [0.2, 0.25) is 0 Å². The van der Waals surface area contributed by atoms with Gasteiger partial charge in [-0.1, -0.05) is 45.1 Å². The molecule has 3 rings (SSSR count). The van der Waals surface area contributed by atoms with E-state index in [2.05, 4.69) is 12.2 Å². The van der Waals surface area contributed by atoms with E-state index in [4.69, 9.17) is 14.2 Å². The van der Waals surface area contributed by atoms with Crippen LogP contribution in [0.1, 0.15) is 51.0 Å². The Labute approximate surface area is 222 Å². The second-order valence-electron chi connectivity index (χ2n) is 8.96. The summed E-state index contributed by atoms with van der Waals surface area (Å²) in [5.74, 6) is -0.518. The summed E-state index contributed by atoms with van der Waals surface area (Å²) in [5, 5.41) is 24.1. The van der Waals surface area contributed by atoms with E-state index in [9.17, 15) is 19.8 Å². The zero-order chi connectivity index (χ0) is 27.7. The first kappa shape index (κ1) is 28.4. The van der Waals surface area contributed by atoms with Crippen LogP contribution in [0.25, 0.3) is 17.0 Å². The van der Waals surface area contributed by atoms with Crippen LogP contribution >= 0.6 is 0 Å². The number of rotatable bonds is 13. The molecule has 0 aliphatic carbocycles. The number of carbonyl (C=O) groups excluding carboxylic acids is 1. The number of ether oxygens (including phenoxy) is 3. The summed E-state index contributed by atoms with van der Waals surface area (Å²) in [6.07, 6.45) is 9.33. The number of aryl methyl sites for hydroxylation is 1. The summed E-state index contributed by atoms with van der Waals surface area (Å²) in [7, 11) is 4.40. The number of anilines is 1. The lowest BCUT2D eigenvalue weighted by Crippen LogP contribution is -2.21. The Morgan fingerprint density at radius 2 is 1.66 bits per heavy atom. The van der Waals surface area contributed by atoms with E-state index in [0.29, 0.717) is 28.8 Å². The molecular weight excluding hydrogens is 488 g/mol. The predicted octanol–water partition coefficient (Wildman–Crippen LogP) is 5.36. The molecule has 0 saturated heterocycles. The molecule has 9 nitrogen and oxygen atoms in total. The number of benzene rings is 2. The quantitative estimate of drug-likeness (QED) is 0.203. The topological polar surface area (TPSA) is 119 Å². The molecule has 1 aromatic heterocycles. The minimum atomic E-state index is -0.485. The number of pyridine rings is 1. The molecule has 0 aliphatic heterocycles. The first-order valence-electron chi connectivity index (χ1n) is 12.7. The summed E-state index contributed by atoms with van der Waals surface area (Å²) in [6, 6.07) is 8.12. The summed E-state index contributed by atoms with van der Waals surface area (Å²) < 4.78 is 17.3. The Kier molecular flexibility index (Phi) is 10.0. The number of unbranched alkanes of at least 4 members (excludes halogenated alkanes) is 5.